The number of sulfonamides is 1. The molecule has 112 valence electrons. The van der Waals surface area contributed by atoms with E-state index < -0.39 is 15.6 Å². The summed E-state index contributed by atoms with van der Waals surface area (Å²) >= 11 is 0. The third-order valence-corrected chi connectivity index (χ3v) is 6.06. The van der Waals surface area contributed by atoms with Crippen LogP contribution in [0.2, 0.25) is 0 Å². The molecule has 20 heavy (non-hydrogen) atoms. The molecule has 0 radical (unpaired) electrons. The highest BCUT2D eigenvalue weighted by Gasteiger charge is 2.32. The van der Waals surface area contributed by atoms with Crippen molar-refractivity contribution < 1.29 is 8.42 Å². The monoisotopic (exact) mass is 296 g/mol. The molecule has 4 nitrogen and oxygen atoms in total. The van der Waals surface area contributed by atoms with Gasteiger partial charge in [-0.1, -0.05) is 19.9 Å². The molecule has 0 saturated carbocycles. The second-order valence-corrected chi connectivity index (χ2v) is 7.85. The number of nitrogens with two attached hydrogens (primary N) is 1. The van der Waals surface area contributed by atoms with E-state index in [2.05, 4.69) is 4.72 Å². The van der Waals surface area contributed by atoms with Crippen molar-refractivity contribution in [2.45, 2.75) is 50.5 Å². The van der Waals surface area contributed by atoms with Gasteiger partial charge in [0.2, 0.25) is 10.0 Å². The van der Waals surface area contributed by atoms with E-state index in [0.29, 0.717) is 4.90 Å². The largest absolute Gasteiger partial charge is 0.329 e. The average molecular weight is 296 g/mol. The fraction of sp³-hybridized carbons (Fsp3) is 0.600. The maximum atomic E-state index is 12.5. The second-order valence-electron chi connectivity index (χ2n) is 6.17. The first-order valence-corrected chi connectivity index (χ1v) is 8.63. The van der Waals surface area contributed by atoms with Crippen molar-refractivity contribution in [2.24, 2.45) is 11.7 Å². The van der Waals surface area contributed by atoms with Crippen molar-refractivity contribution in [1.82, 2.24) is 4.72 Å². The van der Waals surface area contributed by atoms with Gasteiger partial charge >= 0.3 is 0 Å². The summed E-state index contributed by atoms with van der Waals surface area (Å²) < 4.78 is 27.9. The number of nitrogens with one attached hydrogen (secondary N) is 1. The molecule has 1 aromatic carbocycles. The Morgan fingerprint density at radius 2 is 1.95 bits per heavy atom. The van der Waals surface area contributed by atoms with Crippen LogP contribution in [0.1, 0.15) is 38.3 Å². The molecule has 0 fully saturated rings. The lowest BCUT2D eigenvalue weighted by Crippen LogP contribution is -2.54. The van der Waals surface area contributed by atoms with E-state index in [1.54, 1.807) is 6.07 Å². The summed E-state index contributed by atoms with van der Waals surface area (Å²) in [5, 5.41) is 0. The Morgan fingerprint density at radius 1 is 1.30 bits per heavy atom. The normalized spacial score (nSPS) is 18.1. The lowest BCUT2D eigenvalue weighted by atomic mass is 9.90. The van der Waals surface area contributed by atoms with E-state index in [4.69, 9.17) is 5.73 Å². The molecular weight excluding hydrogens is 272 g/mol. The Bertz CT molecular complexity index is 596. The first-order valence-electron chi connectivity index (χ1n) is 7.14. The number of hydrogen-bond donors (Lipinski definition) is 2. The molecule has 2 rings (SSSR count). The lowest BCUT2D eigenvalue weighted by molar-refractivity contribution is 0.315. The third-order valence-electron chi connectivity index (χ3n) is 4.45. The van der Waals surface area contributed by atoms with Crippen LogP contribution >= 0.6 is 0 Å². The van der Waals surface area contributed by atoms with Crippen LogP contribution in [0.3, 0.4) is 0 Å². The van der Waals surface area contributed by atoms with Gasteiger partial charge in [-0.05, 0) is 55.4 Å². The summed E-state index contributed by atoms with van der Waals surface area (Å²) in [6.45, 7) is 6.06. The van der Waals surface area contributed by atoms with Crippen LogP contribution in [-0.4, -0.2) is 20.5 Å². The quantitative estimate of drug-likeness (QED) is 0.870. The van der Waals surface area contributed by atoms with Crippen molar-refractivity contribution in [1.29, 1.82) is 0 Å². The van der Waals surface area contributed by atoms with Gasteiger partial charge in [0.25, 0.3) is 0 Å². The minimum atomic E-state index is -3.53. The van der Waals surface area contributed by atoms with Crippen LogP contribution in [-0.2, 0) is 22.9 Å². The highest BCUT2D eigenvalue weighted by molar-refractivity contribution is 7.89. The van der Waals surface area contributed by atoms with Crippen molar-refractivity contribution in [2.75, 3.05) is 6.54 Å². The van der Waals surface area contributed by atoms with E-state index in [-0.39, 0.29) is 12.5 Å². The molecule has 0 spiro atoms. The van der Waals surface area contributed by atoms with E-state index in [9.17, 15) is 8.42 Å². The molecule has 5 heteroatoms. The fourth-order valence-corrected chi connectivity index (χ4v) is 4.07. The average Bonchev–Trinajstić information content (AvgIpc) is 2.85. The molecule has 1 unspecified atom stereocenters. The molecule has 1 atom stereocenters. The third kappa shape index (κ3) is 2.90. The zero-order valence-electron chi connectivity index (χ0n) is 12.4. The van der Waals surface area contributed by atoms with Gasteiger partial charge in [0.15, 0.2) is 0 Å². The smallest absolute Gasteiger partial charge is 0.241 e. The summed E-state index contributed by atoms with van der Waals surface area (Å²) in [5.74, 6) is 0.122. The van der Waals surface area contributed by atoms with Crippen molar-refractivity contribution in [3.63, 3.8) is 0 Å². The Labute approximate surface area is 121 Å². The Kier molecular flexibility index (Phi) is 4.23. The van der Waals surface area contributed by atoms with Gasteiger partial charge in [-0.25, -0.2) is 13.1 Å². The summed E-state index contributed by atoms with van der Waals surface area (Å²) in [4.78, 5) is 0.346. The SMILES string of the molecule is CC(C)C(C)(CN)NS(=O)(=O)c1ccc2c(c1)CCC2. The molecule has 0 aromatic heterocycles. The van der Waals surface area contributed by atoms with Crippen LogP contribution < -0.4 is 10.5 Å². The minimum Gasteiger partial charge on any atom is -0.329 e. The van der Waals surface area contributed by atoms with Crippen LogP contribution in [0.5, 0.6) is 0 Å². The predicted octanol–water partition coefficient (Wildman–Crippen LogP) is 1.83. The molecule has 3 N–H and O–H groups in total. The van der Waals surface area contributed by atoms with Gasteiger partial charge < -0.3 is 5.73 Å². The first-order chi connectivity index (χ1) is 9.28. The highest BCUT2D eigenvalue weighted by atomic mass is 32.2. The standard InChI is InChI=1S/C15H24N2O2S/c1-11(2)15(3,10-16)17-20(18,19)14-8-7-12-5-4-6-13(12)9-14/h7-9,11,17H,4-6,10,16H2,1-3H3. The van der Waals surface area contributed by atoms with E-state index >= 15 is 0 Å². The number of fused-ring (bicyclic) bond motifs is 1. The summed E-state index contributed by atoms with van der Waals surface area (Å²) in [6.07, 6.45) is 3.13. The fourth-order valence-electron chi connectivity index (χ4n) is 2.48. The van der Waals surface area contributed by atoms with Gasteiger partial charge in [0.1, 0.15) is 0 Å². The molecular formula is C15H24N2O2S. The Hall–Kier alpha value is -0.910. The van der Waals surface area contributed by atoms with E-state index in [1.165, 1.54) is 5.56 Å². The van der Waals surface area contributed by atoms with Crippen molar-refractivity contribution in [3.8, 4) is 0 Å². The summed E-state index contributed by atoms with van der Waals surface area (Å²) in [5.41, 5.74) is 7.56. The van der Waals surface area contributed by atoms with Crippen molar-refractivity contribution in [3.05, 3.63) is 29.3 Å². The molecule has 1 aromatic rings. The predicted molar refractivity (Wildman–Crippen MR) is 81.1 cm³/mol. The van der Waals surface area contributed by atoms with Crippen LogP contribution in [0.15, 0.2) is 23.1 Å². The van der Waals surface area contributed by atoms with Crippen molar-refractivity contribution >= 4 is 10.0 Å². The molecule has 0 aliphatic heterocycles. The molecule has 0 amide bonds. The highest BCUT2D eigenvalue weighted by Crippen LogP contribution is 2.26. The maximum Gasteiger partial charge on any atom is 0.241 e. The summed E-state index contributed by atoms with van der Waals surface area (Å²) in [7, 11) is -3.53. The Balaban J connectivity index is 2.31. The maximum absolute atomic E-state index is 12.5. The second kappa shape index (κ2) is 5.47. The molecule has 1 aliphatic rings. The zero-order valence-corrected chi connectivity index (χ0v) is 13.3. The molecule has 0 heterocycles. The number of aryl methyl sites for hydroxylation is 2. The zero-order chi connectivity index (χ0) is 15.0. The topological polar surface area (TPSA) is 72.2 Å². The molecule has 0 bridgehead atoms. The van der Waals surface area contributed by atoms with E-state index in [0.717, 1.165) is 24.8 Å². The van der Waals surface area contributed by atoms with Crippen LogP contribution in [0.25, 0.3) is 0 Å². The number of benzene rings is 1. The van der Waals surface area contributed by atoms with Gasteiger partial charge in [-0.3, -0.25) is 0 Å². The minimum absolute atomic E-state index is 0.122. The van der Waals surface area contributed by atoms with Crippen LogP contribution in [0, 0.1) is 5.92 Å². The Morgan fingerprint density at radius 3 is 2.55 bits per heavy atom. The number of rotatable bonds is 5. The summed E-state index contributed by atoms with van der Waals surface area (Å²) in [6, 6.07) is 5.44. The van der Waals surface area contributed by atoms with E-state index in [1.807, 2.05) is 32.9 Å². The van der Waals surface area contributed by atoms with Gasteiger partial charge in [0, 0.05) is 12.1 Å². The van der Waals surface area contributed by atoms with Gasteiger partial charge in [0.05, 0.1) is 4.90 Å². The van der Waals surface area contributed by atoms with Gasteiger partial charge in [-0.2, -0.15) is 0 Å². The molecule has 0 saturated heterocycles. The van der Waals surface area contributed by atoms with Gasteiger partial charge in [-0.15, -0.1) is 0 Å². The molecule has 1 aliphatic carbocycles. The van der Waals surface area contributed by atoms with Crippen LogP contribution in [0.4, 0.5) is 0 Å². The lowest BCUT2D eigenvalue weighted by Gasteiger charge is -2.33. The first kappa shape index (κ1) is 15.5. The number of hydrogen-bond acceptors (Lipinski definition) is 3.